The topological polar surface area (TPSA) is 84.0 Å². The van der Waals surface area contributed by atoms with Gasteiger partial charge in [-0.05, 0) is 38.8 Å². The fraction of sp³-hybridized carbons (Fsp3) is 0.524. The Balaban J connectivity index is 1.77. The van der Waals surface area contributed by atoms with E-state index in [2.05, 4.69) is 0 Å². The number of ether oxygens (including phenoxy) is 1. The third-order valence-electron chi connectivity index (χ3n) is 5.48. The van der Waals surface area contributed by atoms with Crippen molar-refractivity contribution in [3.8, 4) is 0 Å². The molecule has 0 radical (unpaired) electrons. The number of nitrogens with zero attached hydrogens (tertiary/aromatic N) is 2. The SMILES string of the molecule is CCOC(=O)CCN(C(=O)C(C)N1C(=O)c2ccccc2C1=O)C1CCCC1. The molecule has 0 aromatic heterocycles. The van der Waals surface area contributed by atoms with Crippen molar-refractivity contribution < 1.29 is 23.9 Å². The van der Waals surface area contributed by atoms with Crippen molar-refractivity contribution in [2.75, 3.05) is 13.2 Å². The molecule has 2 aliphatic rings. The maximum Gasteiger partial charge on any atom is 0.307 e. The van der Waals surface area contributed by atoms with Crippen LogP contribution in [0.3, 0.4) is 0 Å². The van der Waals surface area contributed by atoms with Crippen molar-refractivity contribution in [3.63, 3.8) is 0 Å². The van der Waals surface area contributed by atoms with E-state index in [0.29, 0.717) is 17.7 Å². The Hall–Kier alpha value is -2.70. The molecule has 1 heterocycles. The van der Waals surface area contributed by atoms with Crippen LogP contribution in [0.25, 0.3) is 0 Å². The molecule has 1 aromatic carbocycles. The number of carbonyl (C=O) groups excluding carboxylic acids is 4. The lowest BCUT2D eigenvalue weighted by Crippen LogP contribution is -2.52. The minimum Gasteiger partial charge on any atom is -0.466 e. The molecule has 0 bridgehead atoms. The van der Waals surface area contributed by atoms with Gasteiger partial charge in [0.2, 0.25) is 5.91 Å². The minimum atomic E-state index is -0.921. The summed E-state index contributed by atoms with van der Waals surface area (Å²) in [5, 5.41) is 0. The number of hydrogen-bond acceptors (Lipinski definition) is 5. The molecule has 1 aromatic rings. The van der Waals surface area contributed by atoms with E-state index in [9.17, 15) is 19.2 Å². The van der Waals surface area contributed by atoms with Crippen molar-refractivity contribution in [1.29, 1.82) is 0 Å². The lowest BCUT2D eigenvalue weighted by atomic mass is 10.1. The van der Waals surface area contributed by atoms with Gasteiger partial charge < -0.3 is 9.64 Å². The van der Waals surface area contributed by atoms with Crippen LogP contribution in [-0.2, 0) is 14.3 Å². The van der Waals surface area contributed by atoms with E-state index in [0.717, 1.165) is 30.6 Å². The van der Waals surface area contributed by atoms with Gasteiger partial charge in [0.15, 0.2) is 0 Å². The highest BCUT2D eigenvalue weighted by atomic mass is 16.5. The molecule has 7 nitrogen and oxygen atoms in total. The van der Waals surface area contributed by atoms with E-state index >= 15 is 0 Å². The van der Waals surface area contributed by atoms with Gasteiger partial charge in [0.25, 0.3) is 11.8 Å². The predicted octanol–water partition coefficient (Wildman–Crippen LogP) is 2.40. The van der Waals surface area contributed by atoms with Crippen LogP contribution in [-0.4, -0.2) is 58.7 Å². The zero-order valence-electron chi connectivity index (χ0n) is 16.3. The Kier molecular flexibility index (Phi) is 6.11. The fourth-order valence-corrected chi connectivity index (χ4v) is 4.04. The minimum absolute atomic E-state index is 0.0274. The van der Waals surface area contributed by atoms with Crippen LogP contribution in [0.2, 0.25) is 0 Å². The predicted molar refractivity (Wildman–Crippen MR) is 102 cm³/mol. The molecule has 1 fully saturated rings. The second-order valence-electron chi connectivity index (χ2n) is 7.23. The van der Waals surface area contributed by atoms with Gasteiger partial charge in [0.1, 0.15) is 6.04 Å². The summed E-state index contributed by atoms with van der Waals surface area (Å²) in [6, 6.07) is 5.70. The third-order valence-corrected chi connectivity index (χ3v) is 5.48. The van der Waals surface area contributed by atoms with E-state index in [1.54, 1.807) is 43.0 Å². The smallest absolute Gasteiger partial charge is 0.307 e. The molecule has 0 saturated heterocycles. The maximum absolute atomic E-state index is 13.3. The highest BCUT2D eigenvalue weighted by Crippen LogP contribution is 2.28. The van der Waals surface area contributed by atoms with Crippen LogP contribution >= 0.6 is 0 Å². The Bertz CT molecular complexity index is 750. The van der Waals surface area contributed by atoms with Crippen molar-refractivity contribution in [2.45, 2.75) is 58.0 Å². The summed E-state index contributed by atoms with van der Waals surface area (Å²) in [4.78, 5) is 53.2. The summed E-state index contributed by atoms with van der Waals surface area (Å²) >= 11 is 0. The van der Waals surface area contributed by atoms with Gasteiger partial charge in [0.05, 0.1) is 24.2 Å². The van der Waals surface area contributed by atoms with E-state index < -0.39 is 17.9 Å². The lowest BCUT2D eigenvalue weighted by molar-refractivity contribution is -0.145. The average molecular weight is 386 g/mol. The molecule has 1 saturated carbocycles. The van der Waals surface area contributed by atoms with Gasteiger partial charge in [0, 0.05) is 12.6 Å². The first-order valence-corrected chi connectivity index (χ1v) is 9.88. The third kappa shape index (κ3) is 3.79. The van der Waals surface area contributed by atoms with Crippen LogP contribution in [0.5, 0.6) is 0 Å². The zero-order valence-corrected chi connectivity index (χ0v) is 16.3. The molecule has 0 N–H and O–H groups in total. The summed E-state index contributed by atoms with van der Waals surface area (Å²) in [5.41, 5.74) is 0.650. The lowest BCUT2D eigenvalue weighted by Gasteiger charge is -2.33. The average Bonchev–Trinajstić information content (AvgIpc) is 3.30. The van der Waals surface area contributed by atoms with Crippen molar-refractivity contribution in [1.82, 2.24) is 9.80 Å². The molecule has 3 rings (SSSR count). The quantitative estimate of drug-likeness (QED) is 0.531. The van der Waals surface area contributed by atoms with Crippen molar-refractivity contribution in [2.24, 2.45) is 0 Å². The number of esters is 1. The van der Waals surface area contributed by atoms with Crippen LogP contribution in [0, 0.1) is 0 Å². The first kappa shape index (κ1) is 20.0. The number of benzene rings is 1. The first-order chi connectivity index (χ1) is 13.5. The number of fused-ring (bicyclic) bond motifs is 1. The summed E-state index contributed by atoms with van der Waals surface area (Å²) < 4.78 is 4.98. The summed E-state index contributed by atoms with van der Waals surface area (Å²) in [6.07, 6.45) is 3.88. The molecular weight excluding hydrogens is 360 g/mol. The largest absolute Gasteiger partial charge is 0.466 e. The Labute approximate surface area is 164 Å². The molecule has 1 aliphatic carbocycles. The van der Waals surface area contributed by atoms with Crippen LogP contribution in [0.15, 0.2) is 24.3 Å². The molecular formula is C21H26N2O5. The molecule has 3 amide bonds. The highest BCUT2D eigenvalue weighted by Gasteiger charge is 2.42. The van der Waals surface area contributed by atoms with E-state index in [1.807, 2.05) is 0 Å². The van der Waals surface area contributed by atoms with E-state index in [1.165, 1.54) is 0 Å². The molecule has 7 heteroatoms. The van der Waals surface area contributed by atoms with Crippen LogP contribution in [0.4, 0.5) is 0 Å². The second kappa shape index (κ2) is 8.54. The molecule has 1 unspecified atom stereocenters. The highest BCUT2D eigenvalue weighted by molar-refractivity contribution is 6.22. The Morgan fingerprint density at radius 3 is 2.25 bits per heavy atom. The number of hydrogen-bond donors (Lipinski definition) is 0. The standard InChI is InChI=1S/C21H26N2O5/c1-3-28-18(24)12-13-22(15-8-4-5-9-15)19(25)14(2)23-20(26)16-10-6-7-11-17(16)21(23)27/h6-7,10-11,14-15H,3-5,8-9,12-13H2,1-2H3. The summed E-state index contributed by atoms with van der Waals surface area (Å²) in [5.74, 6) is -1.55. The van der Waals surface area contributed by atoms with Crippen molar-refractivity contribution >= 4 is 23.7 Å². The normalized spacial score (nSPS) is 17.6. The van der Waals surface area contributed by atoms with Gasteiger partial charge in [-0.25, -0.2) is 0 Å². The van der Waals surface area contributed by atoms with Gasteiger partial charge in [-0.2, -0.15) is 0 Å². The van der Waals surface area contributed by atoms with Crippen LogP contribution < -0.4 is 0 Å². The van der Waals surface area contributed by atoms with Crippen LogP contribution in [0.1, 0.15) is 66.7 Å². The molecule has 28 heavy (non-hydrogen) atoms. The molecule has 1 atom stereocenters. The molecule has 0 spiro atoms. The number of imide groups is 1. The first-order valence-electron chi connectivity index (χ1n) is 9.88. The Morgan fingerprint density at radius 1 is 1.14 bits per heavy atom. The number of amides is 3. The summed E-state index contributed by atoms with van der Waals surface area (Å²) in [6.45, 7) is 3.84. The summed E-state index contributed by atoms with van der Waals surface area (Å²) in [7, 11) is 0. The van der Waals surface area contributed by atoms with Gasteiger partial charge in [-0.1, -0.05) is 25.0 Å². The van der Waals surface area contributed by atoms with E-state index in [4.69, 9.17) is 4.74 Å². The second-order valence-corrected chi connectivity index (χ2v) is 7.23. The van der Waals surface area contributed by atoms with E-state index in [-0.39, 0.29) is 30.9 Å². The van der Waals surface area contributed by atoms with Gasteiger partial charge in [-0.15, -0.1) is 0 Å². The zero-order chi connectivity index (χ0) is 20.3. The van der Waals surface area contributed by atoms with Gasteiger partial charge >= 0.3 is 5.97 Å². The van der Waals surface area contributed by atoms with Crippen molar-refractivity contribution in [3.05, 3.63) is 35.4 Å². The molecule has 150 valence electrons. The monoisotopic (exact) mass is 386 g/mol. The van der Waals surface area contributed by atoms with Gasteiger partial charge in [-0.3, -0.25) is 24.1 Å². The Morgan fingerprint density at radius 2 is 1.71 bits per heavy atom. The molecule has 1 aliphatic heterocycles. The number of rotatable bonds is 7. The number of carbonyl (C=O) groups is 4. The fourth-order valence-electron chi connectivity index (χ4n) is 4.04. The maximum atomic E-state index is 13.3.